The minimum absolute atomic E-state index is 0.0292. The predicted molar refractivity (Wildman–Crippen MR) is 87.4 cm³/mol. The first kappa shape index (κ1) is 16.3. The Bertz CT molecular complexity index is 661. The van der Waals surface area contributed by atoms with Gasteiger partial charge >= 0.3 is 0 Å². The van der Waals surface area contributed by atoms with E-state index in [1.165, 1.54) is 0 Å². The summed E-state index contributed by atoms with van der Waals surface area (Å²) in [5, 5.41) is 0. The van der Waals surface area contributed by atoms with Gasteiger partial charge in [-0.15, -0.1) is 0 Å². The van der Waals surface area contributed by atoms with Gasteiger partial charge in [-0.2, -0.15) is 0 Å². The van der Waals surface area contributed by atoms with E-state index in [-0.39, 0.29) is 6.10 Å². The topological polar surface area (TPSA) is 69.6 Å². The molecule has 0 aliphatic rings. The molecule has 5 heteroatoms. The first-order chi connectivity index (χ1) is 10.5. The maximum Gasteiger partial charge on any atom is 0.253 e. The van der Waals surface area contributed by atoms with Gasteiger partial charge in [-0.1, -0.05) is 20.3 Å². The summed E-state index contributed by atoms with van der Waals surface area (Å²) < 4.78 is 7.57. The summed E-state index contributed by atoms with van der Waals surface area (Å²) >= 11 is 0. The fraction of sp³-hybridized carbons (Fsp3) is 0.529. The van der Waals surface area contributed by atoms with Gasteiger partial charge in [-0.3, -0.25) is 4.79 Å². The van der Waals surface area contributed by atoms with Gasteiger partial charge in [-0.05, 0) is 26.7 Å². The van der Waals surface area contributed by atoms with Crippen LogP contribution in [0.3, 0.4) is 0 Å². The zero-order valence-electron chi connectivity index (χ0n) is 13.8. The Morgan fingerprint density at radius 2 is 2.09 bits per heavy atom. The molecule has 1 unspecified atom stereocenters. The van der Waals surface area contributed by atoms with E-state index in [4.69, 9.17) is 15.5 Å². The Morgan fingerprint density at radius 1 is 1.36 bits per heavy atom. The first-order valence-electron chi connectivity index (χ1n) is 7.95. The zero-order chi connectivity index (χ0) is 16.3. The second-order valence-corrected chi connectivity index (χ2v) is 5.91. The van der Waals surface area contributed by atoms with Gasteiger partial charge in [0, 0.05) is 24.4 Å². The minimum atomic E-state index is -0.492. The van der Waals surface area contributed by atoms with Crippen molar-refractivity contribution < 1.29 is 9.53 Å². The fourth-order valence-electron chi connectivity index (χ4n) is 2.68. The highest BCUT2D eigenvalue weighted by Gasteiger charge is 2.17. The lowest BCUT2D eigenvalue weighted by molar-refractivity contribution is 0.0994. The van der Waals surface area contributed by atoms with Gasteiger partial charge in [0.2, 0.25) is 0 Å². The van der Waals surface area contributed by atoms with Gasteiger partial charge in [0.05, 0.1) is 17.4 Å². The fourth-order valence-corrected chi connectivity index (χ4v) is 2.68. The summed E-state index contributed by atoms with van der Waals surface area (Å²) in [6, 6.07) is 1.79. The minimum Gasteiger partial charge on any atom is -0.490 e. The Morgan fingerprint density at radius 3 is 2.64 bits per heavy atom. The molecular weight excluding hydrogens is 278 g/mol. The van der Waals surface area contributed by atoms with Crippen LogP contribution in [0.15, 0.2) is 18.5 Å². The molecule has 0 saturated carbocycles. The molecule has 2 aromatic rings. The Labute approximate surface area is 131 Å². The van der Waals surface area contributed by atoms with Crippen molar-refractivity contribution in [2.24, 2.45) is 5.73 Å². The quantitative estimate of drug-likeness (QED) is 0.851. The molecule has 2 N–H and O–H groups in total. The number of imidazole rings is 1. The highest BCUT2D eigenvalue weighted by atomic mass is 16.5. The molecule has 0 aliphatic carbocycles. The van der Waals surface area contributed by atoms with Crippen molar-refractivity contribution in [1.82, 2.24) is 9.38 Å². The summed E-state index contributed by atoms with van der Waals surface area (Å²) in [6.07, 6.45) is 6.96. The molecule has 0 spiro atoms. The normalized spacial score (nSPS) is 12.8. The average Bonchev–Trinajstić information content (AvgIpc) is 2.85. The van der Waals surface area contributed by atoms with E-state index >= 15 is 0 Å². The number of primary amides is 1. The molecule has 5 nitrogen and oxygen atoms in total. The average molecular weight is 303 g/mol. The SMILES string of the molecule is CCCC(CC)c1cn2cc(C(N)=O)c(OC(C)C)cc2n1. The number of aromatic nitrogens is 2. The summed E-state index contributed by atoms with van der Waals surface area (Å²) in [7, 11) is 0. The smallest absolute Gasteiger partial charge is 0.253 e. The molecule has 2 heterocycles. The number of fused-ring (bicyclic) bond motifs is 1. The molecule has 0 radical (unpaired) electrons. The highest BCUT2D eigenvalue weighted by molar-refractivity contribution is 5.95. The van der Waals surface area contributed by atoms with Crippen molar-refractivity contribution in [2.45, 2.75) is 59.0 Å². The van der Waals surface area contributed by atoms with Crippen molar-refractivity contribution in [3.63, 3.8) is 0 Å². The molecule has 2 rings (SSSR count). The number of amides is 1. The molecule has 0 fully saturated rings. The molecule has 0 aliphatic heterocycles. The van der Waals surface area contributed by atoms with Crippen LogP contribution in [0.1, 0.15) is 68.9 Å². The molecule has 0 saturated heterocycles. The number of nitrogens with zero attached hydrogens (tertiary/aromatic N) is 2. The van der Waals surface area contributed by atoms with Crippen LogP contribution in [0.5, 0.6) is 5.75 Å². The molecule has 0 bridgehead atoms. The van der Waals surface area contributed by atoms with Crippen molar-refractivity contribution in [3.8, 4) is 5.75 Å². The lowest BCUT2D eigenvalue weighted by Crippen LogP contribution is -2.16. The van der Waals surface area contributed by atoms with Gasteiger partial charge in [0.25, 0.3) is 5.91 Å². The van der Waals surface area contributed by atoms with Crippen LogP contribution in [0.2, 0.25) is 0 Å². The van der Waals surface area contributed by atoms with E-state index < -0.39 is 5.91 Å². The van der Waals surface area contributed by atoms with Crippen molar-refractivity contribution in [1.29, 1.82) is 0 Å². The maximum absolute atomic E-state index is 11.7. The van der Waals surface area contributed by atoms with Crippen LogP contribution in [-0.2, 0) is 0 Å². The van der Waals surface area contributed by atoms with E-state index in [0.29, 0.717) is 17.2 Å². The molecule has 22 heavy (non-hydrogen) atoms. The number of hydrogen-bond donors (Lipinski definition) is 1. The first-order valence-corrected chi connectivity index (χ1v) is 7.95. The molecule has 1 atom stereocenters. The summed E-state index contributed by atoms with van der Waals surface area (Å²) in [6.45, 7) is 8.19. The van der Waals surface area contributed by atoms with Crippen LogP contribution in [0.25, 0.3) is 5.65 Å². The molecule has 1 amide bonds. The summed E-state index contributed by atoms with van der Waals surface area (Å²) in [5.41, 5.74) is 7.69. The number of rotatable bonds is 7. The molecular formula is C17H25N3O2. The van der Waals surface area contributed by atoms with Crippen molar-refractivity contribution >= 4 is 11.6 Å². The second-order valence-electron chi connectivity index (χ2n) is 5.91. The molecule has 0 aromatic carbocycles. The number of hydrogen-bond acceptors (Lipinski definition) is 3. The van der Waals surface area contributed by atoms with Gasteiger partial charge in [0.15, 0.2) is 0 Å². The Hall–Kier alpha value is -2.04. The van der Waals surface area contributed by atoms with Gasteiger partial charge < -0.3 is 14.9 Å². The summed E-state index contributed by atoms with van der Waals surface area (Å²) in [4.78, 5) is 16.4. The Kier molecular flexibility index (Phi) is 5.06. The van der Waals surface area contributed by atoms with Crippen molar-refractivity contribution in [3.05, 3.63) is 29.7 Å². The lowest BCUT2D eigenvalue weighted by Gasteiger charge is -2.12. The summed E-state index contributed by atoms with van der Waals surface area (Å²) in [5.74, 6) is 0.445. The van der Waals surface area contributed by atoms with E-state index in [0.717, 1.165) is 30.6 Å². The number of carbonyl (C=O) groups excluding carboxylic acids is 1. The van der Waals surface area contributed by atoms with Crippen LogP contribution in [0.4, 0.5) is 0 Å². The van der Waals surface area contributed by atoms with E-state index in [1.807, 2.05) is 24.4 Å². The van der Waals surface area contributed by atoms with Crippen LogP contribution in [-0.4, -0.2) is 21.4 Å². The predicted octanol–water partition coefficient (Wildman–Crippen LogP) is 3.51. The monoisotopic (exact) mass is 303 g/mol. The van der Waals surface area contributed by atoms with Crippen LogP contribution in [0, 0.1) is 0 Å². The van der Waals surface area contributed by atoms with E-state index in [2.05, 4.69) is 13.8 Å². The molecule has 120 valence electrons. The van der Waals surface area contributed by atoms with Crippen LogP contribution >= 0.6 is 0 Å². The van der Waals surface area contributed by atoms with Crippen molar-refractivity contribution in [2.75, 3.05) is 0 Å². The number of ether oxygens (including phenoxy) is 1. The third-order valence-electron chi connectivity index (χ3n) is 3.75. The highest BCUT2D eigenvalue weighted by Crippen LogP contribution is 2.27. The zero-order valence-corrected chi connectivity index (χ0v) is 13.8. The largest absolute Gasteiger partial charge is 0.490 e. The number of pyridine rings is 1. The maximum atomic E-state index is 11.7. The third-order valence-corrected chi connectivity index (χ3v) is 3.75. The van der Waals surface area contributed by atoms with Crippen LogP contribution < -0.4 is 10.5 Å². The lowest BCUT2D eigenvalue weighted by atomic mass is 9.98. The second kappa shape index (κ2) is 6.81. The number of nitrogens with two attached hydrogens (primary N) is 1. The third kappa shape index (κ3) is 3.40. The van der Waals surface area contributed by atoms with E-state index in [1.54, 1.807) is 12.3 Å². The van der Waals surface area contributed by atoms with Gasteiger partial charge in [0.1, 0.15) is 11.4 Å². The van der Waals surface area contributed by atoms with E-state index in [9.17, 15) is 4.79 Å². The van der Waals surface area contributed by atoms with Gasteiger partial charge in [-0.25, -0.2) is 4.98 Å². The molecule has 2 aromatic heterocycles. The Balaban J connectivity index is 2.49. The number of carbonyl (C=O) groups is 1. The standard InChI is InChI=1S/C17H25N3O2/c1-5-7-12(6-2)14-10-20-9-13(17(18)21)15(22-11(3)4)8-16(20)19-14/h8-12H,5-7H2,1-4H3,(H2,18,21).